The number of aliphatic hydroxyl groups is 4. The van der Waals surface area contributed by atoms with E-state index in [1.807, 2.05) is 4.98 Å². The van der Waals surface area contributed by atoms with E-state index in [9.17, 15) is 59.1 Å². The van der Waals surface area contributed by atoms with Crippen LogP contribution in [0.4, 0.5) is 0 Å². The first kappa shape index (κ1) is 52.3. The molecule has 4 heterocycles. The third kappa shape index (κ3) is 13.6. The van der Waals surface area contributed by atoms with Gasteiger partial charge in [-0.25, -0.2) is 9.59 Å². The van der Waals surface area contributed by atoms with E-state index in [4.69, 9.17) is 34.5 Å². The van der Waals surface area contributed by atoms with E-state index in [0.717, 1.165) is 73.7 Å². The van der Waals surface area contributed by atoms with Crippen LogP contribution in [0.3, 0.4) is 0 Å². The topological polar surface area (TPSA) is 340 Å². The fourth-order valence-electron chi connectivity index (χ4n) is 8.42. The molecule has 3 fully saturated rings. The van der Waals surface area contributed by atoms with Gasteiger partial charge in [-0.15, -0.1) is 0 Å². The van der Waals surface area contributed by atoms with Crippen molar-refractivity contribution in [1.29, 1.82) is 0 Å². The van der Waals surface area contributed by atoms with Crippen molar-refractivity contribution in [2.24, 2.45) is 11.7 Å². The van der Waals surface area contributed by atoms with E-state index in [-0.39, 0.29) is 25.8 Å². The van der Waals surface area contributed by atoms with E-state index in [0.29, 0.717) is 6.42 Å². The molecule has 3 aliphatic heterocycles. The summed E-state index contributed by atoms with van der Waals surface area (Å²) < 4.78 is 30.0. The van der Waals surface area contributed by atoms with Gasteiger partial charge in [0.1, 0.15) is 61.0 Å². The van der Waals surface area contributed by atoms with Crippen LogP contribution in [0.5, 0.6) is 0 Å². The standard InChI is InChI=1S/C41H65N5O18/c1-5-6-7-8-9-10-11-12-13-22(60-27(50)17-21(2)16-26(48)49)18-28(51)61-24-20-44(3)30(37(56)45(4)29(24)39(57)58)35(64-40-34(55)31(52)23(19-42)62-40)36-32(53)33(54)38(63-36)46-15-14-25(47)43-41(46)59/h14-15,21-24,29-36,38,40,52-55H,5-13,16-20,42H2,1-4H3,(H,48,49)(H,57,58)(H,43,47,59). The van der Waals surface area contributed by atoms with E-state index in [2.05, 4.69) is 6.92 Å². The number of carboxylic acid groups (broad SMARTS) is 2. The van der Waals surface area contributed by atoms with Gasteiger partial charge in [0.05, 0.1) is 6.42 Å². The number of amides is 1. The predicted molar refractivity (Wildman–Crippen MR) is 220 cm³/mol. The van der Waals surface area contributed by atoms with Gasteiger partial charge in [0.15, 0.2) is 18.6 Å². The first-order valence-corrected chi connectivity index (χ1v) is 21.8. The van der Waals surface area contributed by atoms with E-state index < -0.39 is 139 Å². The minimum absolute atomic E-state index is 0.227. The number of carboxylic acids is 2. The number of unbranched alkanes of at least 4 members (excludes halogenated alkanes) is 7. The zero-order valence-corrected chi connectivity index (χ0v) is 36.6. The van der Waals surface area contributed by atoms with Crippen LogP contribution in [0.15, 0.2) is 21.9 Å². The third-order valence-corrected chi connectivity index (χ3v) is 11.8. The molecule has 64 heavy (non-hydrogen) atoms. The number of likely N-dealkylation sites (N-methyl/N-ethyl adjacent to an activating group) is 2. The van der Waals surface area contributed by atoms with E-state index >= 15 is 0 Å². The molecule has 362 valence electrons. The number of carbonyl (C=O) groups excluding carboxylic acids is 3. The Morgan fingerprint density at radius 1 is 0.875 bits per heavy atom. The number of esters is 2. The fourth-order valence-corrected chi connectivity index (χ4v) is 8.42. The molecule has 3 saturated heterocycles. The first-order valence-electron chi connectivity index (χ1n) is 21.8. The molecule has 0 spiro atoms. The summed E-state index contributed by atoms with van der Waals surface area (Å²) in [6.07, 6.45) is -9.91. The SMILES string of the molecule is CCCCCCCCCCC(CC(=O)OC1CN(C)C(C(OC2OC(CN)C(O)C2O)C2OC(n3ccc(=O)[nH]c3=O)C(O)C2O)C(=O)N(C)C1C(=O)O)OC(=O)CC(C)CC(=O)O. The lowest BCUT2D eigenvalue weighted by molar-refractivity contribution is -0.233. The minimum Gasteiger partial charge on any atom is -0.481 e. The smallest absolute Gasteiger partial charge is 0.330 e. The van der Waals surface area contributed by atoms with Crippen LogP contribution in [0.1, 0.15) is 97.1 Å². The van der Waals surface area contributed by atoms with Gasteiger partial charge in [-0.3, -0.25) is 38.4 Å². The van der Waals surface area contributed by atoms with Crippen LogP contribution in [0.25, 0.3) is 0 Å². The highest BCUT2D eigenvalue weighted by atomic mass is 16.7. The number of nitrogens with two attached hydrogens (primary N) is 1. The Balaban J connectivity index is 1.61. The lowest BCUT2D eigenvalue weighted by atomic mass is 9.97. The molecule has 0 bridgehead atoms. The molecule has 23 nitrogen and oxygen atoms in total. The highest BCUT2D eigenvalue weighted by Crippen LogP contribution is 2.36. The Kier molecular flexibility index (Phi) is 19.8. The summed E-state index contributed by atoms with van der Waals surface area (Å²) >= 11 is 0. The number of nitrogens with zero attached hydrogens (tertiary/aromatic N) is 3. The monoisotopic (exact) mass is 915 g/mol. The number of aliphatic hydroxyl groups excluding tert-OH is 4. The maximum absolute atomic E-state index is 14.5. The summed E-state index contributed by atoms with van der Waals surface area (Å²) in [5, 5.41) is 63.7. The van der Waals surface area contributed by atoms with Crippen molar-refractivity contribution in [2.45, 2.75) is 170 Å². The van der Waals surface area contributed by atoms with Gasteiger partial charge in [-0.05, 0) is 25.8 Å². The maximum Gasteiger partial charge on any atom is 0.330 e. The Bertz CT molecular complexity index is 1850. The number of nitrogens with one attached hydrogen (secondary N) is 1. The molecule has 3 aliphatic rings. The number of aromatic amines is 1. The van der Waals surface area contributed by atoms with Crippen molar-refractivity contribution in [2.75, 3.05) is 27.2 Å². The van der Waals surface area contributed by atoms with Crippen molar-refractivity contribution in [3.05, 3.63) is 33.1 Å². The zero-order valence-electron chi connectivity index (χ0n) is 36.6. The Labute approximate surface area is 369 Å². The number of aliphatic carboxylic acids is 2. The van der Waals surface area contributed by atoms with Gasteiger partial charge in [0, 0.05) is 45.2 Å². The van der Waals surface area contributed by atoms with Crippen molar-refractivity contribution < 1.29 is 78.3 Å². The molecule has 1 aromatic rings. The second kappa shape index (κ2) is 24.3. The average Bonchev–Trinajstić information content (AvgIpc) is 3.62. The molecular formula is C41H65N5O18. The zero-order chi connectivity index (χ0) is 47.4. The van der Waals surface area contributed by atoms with E-state index in [1.54, 1.807) is 6.92 Å². The summed E-state index contributed by atoms with van der Waals surface area (Å²) in [5.41, 5.74) is 3.90. The largest absolute Gasteiger partial charge is 0.481 e. The molecule has 0 radical (unpaired) electrons. The molecule has 9 N–H and O–H groups in total. The molecule has 0 saturated carbocycles. The molecular weight excluding hydrogens is 850 g/mol. The lowest BCUT2D eigenvalue weighted by Crippen LogP contribution is -2.59. The van der Waals surface area contributed by atoms with Gasteiger partial charge >= 0.3 is 29.6 Å². The van der Waals surface area contributed by atoms with Gasteiger partial charge in [-0.1, -0.05) is 58.8 Å². The van der Waals surface area contributed by atoms with Crippen LogP contribution >= 0.6 is 0 Å². The third-order valence-electron chi connectivity index (χ3n) is 11.8. The van der Waals surface area contributed by atoms with Crippen LogP contribution < -0.4 is 17.0 Å². The highest BCUT2D eigenvalue weighted by Gasteiger charge is 2.57. The summed E-state index contributed by atoms with van der Waals surface area (Å²) in [5.74, 6) is -5.91. The van der Waals surface area contributed by atoms with Crippen molar-refractivity contribution >= 4 is 29.8 Å². The van der Waals surface area contributed by atoms with Gasteiger partial charge in [-0.2, -0.15) is 0 Å². The molecule has 14 unspecified atom stereocenters. The fraction of sp³-hybridized carbons (Fsp3) is 0.780. The molecule has 14 atom stereocenters. The Hall–Kier alpha value is -4.33. The minimum atomic E-state index is -1.95. The number of carbonyl (C=O) groups is 5. The Morgan fingerprint density at radius 3 is 2.12 bits per heavy atom. The molecule has 1 aromatic heterocycles. The second-order valence-corrected chi connectivity index (χ2v) is 17.0. The summed E-state index contributed by atoms with van der Waals surface area (Å²) in [6.45, 7) is 2.93. The highest BCUT2D eigenvalue weighted by molar-refractivity contribution is 5.88. The van der Waals surface area contributed by atoms with Gasteiger partial charge < -0.3 is 65.0 Å². The number of aromatic nitrogens is 2. The Morgan fingerprint density at radius 2 is 1.53 bits per heavy atom. The quantitative estimate of drug-likeness (QED) is 0.0428. The molecule has 23 heteroatoms. The predicted octanol–water partition coefficient (Wildman–Crippen LogP) is -1.58. The summed E-state index contributed by atoms with van der Waals surface area (Å²) in [6, 6.07) is -2.56. The van der Waals surface area contributed by atoms with E-state index in [1.165, 1.54) is 11.9 Å². The van der Waals surface area contributed by atoms with Crippen LogP contribution in [-0.2, 0) is 47.7 Å². The average molecular weight is 916 g/mol. The normalized spacial score (nSPS) is 30.1. The lowest BCUT2D eigenvalue weighted by Gasteiger charge is -2.38. The number of H-pyrrole nitrogens is 1. The van der Waals surface area contributed by atoms with Crippen LogP contribution in [0, 0.1) is 5.92 Å². The molecule has 0 aromatic carbocycles. The molecule has 4 rings (SSSR count). The van der Waals surface area contributed by atoms with Crippen molar-refractivity contribution in [3.8, 4) is 0 Å². The number of hydrogen-bond donors (Lipinski definition) is 8. The molecule has 0 aliphatic carbocycles. The van der Waals surface area contributed by atoms with Crippen LogP contribution in [0.2, 0.25) is 0 Å². The van der Waals surface area contributed by atoms with Crippen molar-refractivity contribution in [3.63, 3.8) is 0 Å². The second-order valence-electron chi connectivity index (χ2n) is 17.0. The molecule has 1 amide bonds. The number of hydrogen-bond acceptors (Lipinski definition) is 18. The number of rotatable bonds is 24. The number of ether oxygens (including phenoxy) is 5. The van der Waals surface area contributed by atoms with Crippen molar-refractivity contribution in [1.82, 2.24) is 19.4 Å². The van der Waals surface area contributed by atoms with Crippen LogP contribution in [-0.4, -0.2) is 180 Å². The van der Waals surface area contributed by atoms with Gasteiger partial charge in [0.2, 0.25) is 5.91 Å². The first-order chi connectivity index (χ1) is 30.3. The van der Waals surface area contributed by atoms with Gasteiger partial charge in [0.25, 0.3) is 5.56 Å². The maximum atomic E-state index is 14.5. The summed E-state index contributed by atoms with van der Waals surface area (Å²) in [4.78, 5) is 93.8. The summed E-state index contributed by atoms with van der Waals surface area (Å²) in [7, 11) is 2.46.